The van der Waals surface area contributed by atoms with Crippen molar-refractivity contribution in [3.8, 4) is 11.5 Å². The molecule has 0 bridgehead atoms. The Hall–Kier alpha value is -2.12. The molecule has 0 atom stereocenters. The summed E-state index contributed by atoms with van der Waals surface area (Å²) in [4.78, 5) is 11.6. The van der Waals surface area contributed by atoms with Gasteiger partial charge in [-0.25, -0.2) is 4.79 Å². The van der Waals surface area contributed by atoms with Crippen molar-refractivity contribution in [1.29, 1.82) is 0 Å². The van der Waals surface area contributed by atoms with Crippen LogP contribution in [-0.2, 0) is 10.5 Å². The van der Waals surface area contributed by atoms with Crippen LogP contribution < -0.4 is 0 Å². The van der Waals surface area contributed by atoms with E-state index >= 15 is 0 Å². The second-order valence-corrected chi connectivity index (χ2v) is 6.61. The SMILES string of the molecule is COC(=O)c1cccc(CSc2nnc(-c3ccccc3Br)o2)c1. The highest BCUT2D eigenvalue weighted by Gasteiger charge is 2.12. The topological polar surface area (TPSA) is 65.2 Å². The van der Waals surface area contributed by atoms with Gasteiger partial charge in [0.25, 0.3) is 5.22 Å². The third kappa shape index (κ3) is 3.85. The lowest BCUT2D eigenvalue weighted by atomic mass is 10.1. The number of ether oxygens (including phenoxy) is 1. The molecule has 0 unspecified atom stereocenters. The first kappa shape index (κ1) is 16.7. The second-order valence-electron chi connectivity index (χ2n) is 4.83. The summed E-state index contributed by atoms with van der Waals surface area (Å²) >= 11 is 4.88. The van der Waals surface area contributed by atoms with E-state index in [-0.39, 0.29) is 5.97 Å². The van der Waals surface area contributed by atoms with Gasteiger partial charge >= 0.3 is 5.97 Å². The van der Waals surface area contributed by atoms with Gasteiger partial charge in [0.05, 0.1) is 18.2 Å². The number of esters is 1. The summed E-state index contributed by atoms with van der Waals surface area (Å²) in [5.41, 5.74) is 2.35. The Labute approximate surface area is 151 Å². The standard InChI is InChI=1S/C17H13BrN2O3S/c1-22-16(21)12-6-4-5-11(9-12)10-24-17-20-19-15(23-17)13-7-2-3-8-14(13)18/h2-9H,10H2,1H3. The zero-order chi connectivity index (χ0) is 16.9. The minimum absolute atomic E-state index is 0.351. The molecule has 1 aromatic heterocycles. The number of thioether (sulfide) groups is 1. The molecule has 0 N–H and O–H groups in total. The number of hydrogen-bond acceptors (Lipinski definition) is 6. The van der Waals surface area contributed by atoms with Gasteiger partial charge < -0.3 is 9.15 Å². The highest BCUT2D eigenvalue weighted by Crippen LogP contribution is 2.30. The molecule has 0 aliphatic heterocycles. The average molecular weight is 405 g/mol. The first-order chi connectivity index (χ1) is 11.7. The van der Waals surface area contributed by atoms with Crippen LogP contribution in [-0.4, -0.2) is 23.3 Å². The smallest absolute Gasteiger partial charge is 0.337 e. The molecule has 7 heteroatoms. The predicted octanol–water partition coefficient (Wildman–Crippen LogP) is 4.58. The summed E-state index contributed by atoms with van der Waals surface area (Å²) in [6.45, 7) is 0. The highest BCUT2D eigenvalue weighted by molar-refractivity contribution is 9.10. The molecule has 0 saturated carbocycles. The van der Waals surface area contributed by atoms with E-state index in [0.717, 1.165) is 15.6 Å². The Kier molecular flexibility index (Phi) is 5.32. The van der Waals surface area contributed by atoms with Crippen LogP contribution in [0.1, 0.15) is 15.9 Å². The molecule has 3 rings (SSSR count). The predicted molar refractivity (Wildman–Crippen MR) is 94.8 cm³/mol. The fourth-order valence-electron chi connectivity index (χ4n) is 2.06. The van der Waals surface area contributed by atoms with Gasteiger partial charge in [-0.15, -0.1) is 10.2 Å². The number of rotatable bonds is 5. The monoisotopic (exact) mass is 404 g/mol. The molecule has 2 aromatic carbocycles. The molecule has 24 heavy (non-hydrogen) atoms. The lowest BCUT2D eigenvalue weighted by Gasteiger charge is -2.02. The van der Waals surface area contributed by atoms with Crippen molar-refractivity contribution >= 4 is 33.7 Å². The number of hydrogen-bond donors (Lipinski definition) is 0. The molecular weight excluding hydrogens is 392 g/mol. The van der Waals surface area contributed by atoms with E-state index in [4.69, 9.17) is 9.15 Å². The van der Waals surface area contributed by atoms with Gasteiger partial charge in [-0.05, 0) is 45.8 Å². The molecule has 0 spiro atoms. The molecule has 0 fully saturated rings. The lowest BCUT2D eigenvalue weighted by molar-refractivity contribution is 0.0600. The highest BCUT2D eigenvalue weighted by atomic mass is 79.9. The van der Waals surface area contributed by atoms with Gasteiger partial charge in [0.1, 0.15) is 0 Å². The molecule has 0 saturated heterocycles. The third-order valence-corrected chi connectivity index (χ3v) is 4.80. The number of carbonyl (C=O) groups is 1. The number of nitrogens with zero attached hydrogens (tertiary/aromatic N) is 2. The summed E-state index contributed by atoms with van der Waals surface area (Å²) < 4.78 is 11.3. The maximum Gasteiger partial charge on any atom is 0.337 e. The Morgan fingerprint density at radius 2 is 2.04 bits per heavy atom. The zero-order valence-corrected chi connectivity index (χ0v) is 15.1. The van der Waals surface area contributed by atoms with Gasteiger partial charge in [-0.1, -0.05) is 36.0 Å². The van der Waals surface area contributed by atoms with E-state index < -0.39 is 0 Å². The molecule has 0 radical (unpaired) electrons. The van der Waals surface area contributed by atoms with E-state index in [1.54, 1.807) is 12.1 Å². The average Bonchev–Trinajstić information content (AvgIpc) is 3.08. The van der Waals surface area contributed by atoms with Crippen molar-refractivity contribution in [3.63, 3.8) is 0 Å². The third-order valence-electron chi connectivity index (χ3n) is 3.22. The molecular formula is C17H13BrN2O3S. The molecule has 1 heterocycles. The first-order valence-corrected chi connectivity index (χ1v) is 8.83. The van der Waals surface area contributed by atoms with Gasteiger partial charge in [0.2, 0.25) is 5.89 Å². The van der Waals surface area contributed by atoms with Crippen molar-refractivity contribution in [2.24, 2.45) is 0 Å². The van der Waals surface area contributed by atoms with Crippen LogP contribution >= 0.6 is 27.7 Å². The lowest BCUT2D eigenvalue weighted by Crippen LogP contribution is -2.01. The van der Waals surface area contributed by atoms with E-state index in [1.165, 1.54) is 18.9 Å². The fraction of sp³-hybridized carbons (Fsp3) is 0.118. The maximum absolute atomic E-state index is 11.6. The van der Waals surface area contributed by atoms with Crippen LogP contribution in [0.25, 0.3) is 11.5 Å². The summed E-state index contributed by atoms with van der Waals surface area (Å²) in [5, 5.41) is 8.61. The summed E-state index contributed by atoms with van der Waals surface area (Å²) in [6, 6.07) is 14.9. The Morgan fingerprint density at radius 1 is 1.21 bits per heavy atom. The van der Waals surface area contributed by atoms with Crippen LogP contribution in [0.5, 0.6) is 0 Å². The molecule has 5 nitrogen and oxygen atoms in total. The van der Waals surface area contributed by atoms with E-state index in [0.29, 0.717) is 22.4 Å². The zero-order valence-electron chi connectivity index (χ0n) is 12.7. The number of carbonyl (C=O) groups excluding carboxylic acids is 1. The van der Waals surface area contributed by atoms with Crippen molar-refractivity contribution in [3.05, 3.63) is 64.1 Å². The van der Waals surface area contributed by atoms with Crippen LogP contribution in [0.15, 0.2) is 62.6 Å². The van der Waals surface area contributed by atoms with Gasteiger partial charge in [0.15, 0.2) is 0 Å². The fourth-order valence-corrected chi connectivity index (χ4v) is 3.22. The van der Waals surface area contributed by atoms with Crippen LogP contribution in [0.3, 0.4) is 0 Å². The van der Waals surface area contributed by atoms with Crippen LogP contribution in [0, 0.1) is 0 Å². The van der Waals surface area contributed by atoms with Crippen LogP contribution in [0.4, 0.5) is 0 Å². The van der Waals surface area contributed by atoms with E-state index in [1.807, 2.05) is 36.4 Å². The summed E-state index contributed by atoms with van der Waals surface area (Å²) in [5.74, 6) is 0.728. The number of methoxy groups -OCH3 is 1. The van der Waals surface area contributed by atoms with Gasteiger partial charge in [-0.2, -0.15) is 0 Å². The summed E-state index contributed by atoms with van der Waals surface area (Å²) in [7, 11) is 1.37. The first-order valence-electron chi connectivity index (χ1n) is 7.06. The quantitative estimate of drug-likeness (QED) is 0.458. The van der Waals surface area contributed by atoms with Crippen molar-refractivity contribution in [1.82, 2.24) is 10.2 Å². The van der Waals surface area contributed by atoms with Crippen molar-refractivity contribution in [2.75, 3.05) is 7.11 Å². The minimum atomic E-state index is -0.351. The minimum Gasteiger partial charge on any atom is -0.465 e. The Balaban J connectivity index is 1.70. The molecule has 122 valence electrons. The Morgan fingerprint density at radius 3 is 2.83 bits per heavy atom. The maximum atomic E-state index is 11.6. The van der Waals surface area contributed by atoms with Crippen molar-refractivity contribution in [2.45, 2.75) is 11.0 Å². The van der Waals surface area contributed by atoms with Crippen molar-refractivity contribution < 1.29 is 13.9 Å². The van der Waals surface area contributed by atoms with Gasteiger partial charge in [0, 0.05) is 10.2 Å². The van der Waals surface area contributed by atoms with E-state index in [2.05, 4.69) is 26.1 Å². The number of aromatic nitrogens is 2. The van der Waals surface area contributed by atoms with E-state index in [9.17, 15) is 4.79 Å². The number of benzene rings is 2. The molecule has 3 aromatic rings. The molecule has 0 aliphatic carbocycles. The number of halogens is 1. The largest absolute Gasteiger partial charge is 0.465 e. The Bertz CT molecular complexity index is 866. The van der Waals surface area contributed by atoms with Gasteiger partial charge in [-0.3, -0.25) is 0 Å². The molecule has 0 amide bonds. The normalized spacial score (nSPS) is 10.6. The van der Waals surface area contributed by atoms with Crippen LogP contribution in [0.2, 0.25) is 0 Å². The molecule has 0 aliphatic rings. The summed E-state index contributed by atoms with van der Waals surface area (Å²) in [6.07, 6.45) is 0. The second kappa shape index (κ2) is 7.63.